The fourth-order valence-corrected chi connectivity index (χ4v) is 2.08. The van der Waals surface area contributed by atoms with E-state index in [9.17, 15) is 19.3 Å². The van der Waals surface area contributed by atoms with Gasteiger partial charge in [0.05, 0.1) is 10.5 Å². The first-order valence-corrected chi connectivity index (χ1v) is 6.56. The summed E-state index contributed by atoms with van der Waals surface area (Å²) in [6.45, 7) is 0. The van der Waals surface area contributed by atoms with Crippen molar-refractivity contribution >= 4 is 23.6 Å². The lowest BCUT2D eigenvalue weighted by Gasteiger charge is -1.98. The molecule has 6 nitrogen and oxygen atoms in total. The minimum atomic E-state index is -0.748. The van der Waals surface area contributed by atoms with Crippen LogP contribution in [0.1, 0.15) is 11.1 Å². The van der Waals surface area contributed by atoms with Gasteiger partial charge in [-0.3, -0.25) is 10.1 Å². The zero-order valence-corrected chi connectivity index (χ0v) is 11.6. The second kappa shape index (κ2) is 5.80. The molecule has 1 heterocycles. The van der Waals surface area contributed by atoms with Crippen LogP contribution in [0.5, 0.6) is 0 Å². The van der Waals surface area contributed by atoms with Gasteiger partial charge in [0.25, 0.3) is 5.69 Å². The van der Waals surface area contributed by atoms with Crippen molar-refractivity contribution < 1.29 is 18.8 Å². The van der Waals surface area contributed by atoms with Gasteiger partial charge in [0.2, 0.25) is 5.90 Å². The van der Waals surface area contributed by atoms with Crippen LogP contribution in [0.3, 0.4) is 0 Å². The van der Waals surface area contributed by atoms with Gasteiger partial charge in [-0.15, -0.1) is 0 Å². The molecule has 23 heavy (non-hydrogen) atoms. The number of para-hydroxylation sites is 1. The average molecular weight is 312 g/mol. The minimum absolute atomic E-state index is 0.0423. The number of ether oxygens (including phenoxy) is 1. The third-order valence-corrected chi connectivity index (χ3v) is 3.12. The predicted octanol–water partition coefficient (Wildman–Crippen LogP) is 3.08. The number of cyclic esters (lactones) is 1. The molecule has 0 saturated heterocycles. The number of halogens is 1. The predicted molar refractivity (Wildman–Crippen MR) is 80.1 cm³/mol. The number of benzene rings is 2. The molecule has 0 aliphatic carbocycles. The zero-order valence-electron chi connectivity index (χ0n) is 11.6. The van der Waals surface area contributed by atoms with E-state index in [2.05, 4.69) is 4.99 Å². The Balaban J connectivity index is 2.01. The Morgan fingerprint density at radius 2 is 1.96 bits per heavy atom. The smallest absolute Gasteiger partial charge is 0.363 e. The molecular formula is C16H9FN2O4. The van der Waals surface area contributed by atoms with Crippen molar-refractivity contribution in [1.29, 1.82) is 0 Å². The molecule has 0 amide bonds. The summed E-state index contributed by atoms with van der Waals surface area (Å²) < 4.78 is 18.2. The fourth-order valence-electron chi connectivity index (χ4n) is 2.08. The average Bonchev–Trinajstić information content (AvgIpc) is 2.89. The molecular weight excluding hydrogens is 303 g/mol. The van der Waals surface area contributed by atoms with Crippen molar-refractivity contribution in [2.75, 3.05) is 0 Å². The van der Waals surface area contributed by atoms with Crippen LogP contribution >= 0.6 is 0 Å². The van der Waals surface area contributed by atoms with Gasteiger partial charge in [-0.1, -0.05) is 18.2 Å². The number of carbonyl (C=O) groups excluding carboxylic acids is 1. The van der Waals surface area contributed by atoms with Crippen LogP contribution in [0.15, 0.2) is 59.2 Å². The van der Waals surface area contributed by atoms with Gasteiger partial charge in [0.15, 0.2) is 5.70 Å². The first-order chi connectivity index (χ1) is 11.0. The molecule has 0 spiro atoms. The van der Waals surface area contributed by atoms with Crippen LogP contribution in [-0.4, -0.2) is 16.8 Å². The molecule has 0 fully saturated rings. The van der Waals surface area contributed by atoms with Gasteiger partial charge in [-0.2, -0.15) is 0 Å². The molecule has 0 atom stereocenters. The third-order valence-electron chi connectivity index (χ3n) is 3.12. The Bertz CT molecular complexity index is 874. The molecule has 0 bridgehead atoms. The molecule has 3 rings (SSSR count). The summed E-state index contributed by atoms with van der Waals surface area (Å²) in [7, 11) is 0. The van der Waals surface area contributed by atoms with Crippen molar-refractivity contribution in [2.45, 2.75) is 0 Å². The van der Waals surface area contributed by atoms with Crippen molar-refractivity contribution in [1.82, 2.24) is 0 Å². The van der Waals surface area contributed by atoms with Crippen LogP contribution in [-0.2, 0) is 9.53 Å². The number of nitro groups is 1. The van der Waals surface area contributed by atoms with Crippen LogP contribution in [0.2, 0.25) is 0 Å². The largest absolute Gasteiger partial charge is 0.402 e. The minimum Gasteiger partial charge on any atom is -0.402 e. The number of nitrogens with zero attached hydrogens (tertiary/aromatic N) is 2. The SMILES string of the molecule is O=C1OC(c2cccc(F)c2)=N/C1=C\c1ccccc1[N+](=O)[O-]. The van der Waals surface area contributed by atoms with E-state index in [4.69, 9.17) is 4.74 Å². The lowest BCUT2D eigenvalue weighted by molar-refractivity contribution is -0.385. The molecule has 0 radical (unpaired) electrons. The van der Waals surface area contributed by atoms with Gasteiger partial charge < -0.3 is 4.74 Å². The highest BCUT2D eigenvalue weighted by atomic mass is 19.1. The number of hydrogen-bond donors (Lipinski definition) is 0. The van der Waals surface area contributed by atoms with Crippen molar-refractivity contribution in [3.8, 4) is 0 Å². The number of rotatable bonds is 3. The molecule has 2 aromatic rings. The highest BCUT2D eigenvalue weighted by Crippen LogP contribution is 2.24. The lowest BCUT2D eigenvalue weighted by Crippen LogP contribution is -2.05. The van der Waals surface area contributed by atoms with Crippen molar-refractivity contribution in [2.24, 2.45) is 4.99 Å². The van der Waals surface area contributed by atoms with Crippen molar-refractivity contribution in [3.63, 3.8) is 0 Å². The standard InChI is InChI=1S/C16H9FN2O4/c17-12-6-3-5-11(8-12)15-18-13(16(20)23-15)9-10-4-1-2-7-14(10)19(21)22/h1-9H/b13-9-. The summed E-state index contributed by atoms with van der Waals surface area (Å²) in [6.07, 6.45) is 1.27. The molecule has 0 aromatic heterocycles. The highest BCUT2D eigenvalue weighted by Gasteiger charge is 2.25. The maximum absolute atomic E-state index is 13.2. The monoisotopic (exact) mass is 312 g/mol. The Kier molecular flexibility index (Phi) is 3.68. The maximum Gasteiger partial charge on any atom is 0.363 e. The zero-order chi connectivity index (χ0) is 16.4. The molecule has 0 saturated carbocycles. The second-order valence-electron chi connectivity index (χ2n) is 4.66. The van der Waals surface area contributed by atoms with Gasteiger partial charge >= 0.3 is 5.97 Å². The Labute approximate surface area is 129 Å². The normalized spacial score (nSPS) is 15.4. The first-order valence-electron chi connectivity index (χ1n) is 6.56. The highest BCUT2D eigenvalue weighted by molar-refractivity contribution is 6.13. The number of aliphatic imine (C=N–C) groups is 1. The molecule has 1 aliphatic rings. The van der Waals surface area contributed by atoms with Crippen LogP contribution in [0.4, 0.5) is 10.1 Å². The quantitative estimate of drug-likeness (QED) is 0.377. The van der Waals surface area contributed by atoms with Gasteiger partial charge in [-0.25, -0.2) is 14.2 Å². The molecule has 0 N–H and O–H groups in total. The summed E-state index contributed by atoms with van der Waals surface area (Å²) in [4.78, 5) is 26.3. The summed E-state index contributed by atoms with van der Waals surface area (Å²) in [5.74, 6) is -1.28. The van der Waals surface area contributed by atoms with E-state index in [-0.39, 0.29) is 22.8 Å². The van der Waals surface area contributed by atoms with E-state index < -0.39 is 16.7 Å². The molecule has 1 aliphatic heterocycles. The Morgan fingerprint density at radius 3 is 2.70 bits per heavy atom. The summed E-state index contributed by atoms with van der Waals surface area (Å²) in [5, 5.41) is 11.0. The fraction of sp³-hybridized carbons (Fsp3) is 0. The molecule has 114 valence electrons. The summed E-state index contributed by atoms with van der Waals surface area (Å²) in [5.41, 5.74) is 0.304. The molecule has 7 heteroatoms. The van der Waals surface area contributed by atoms with Crippen molar-refractivity contribution in [3.05, 3.63) is 81.3 Å². The van der Waals surface area contributed by atoms with Crippen LogP contribution in [0.25, 0.3) is 6.08 Å². The third kappa shape index (κ3) is 2.98. The molecule has 0 unspecified atom stereocenters. The summed E-state index contributed by atoms with van der Waals surface area (Å²) >= 11 is 0. The number of nitro benzene ring substituents is 1. The number of esters is 1. The van der Waals surface area contributed by atoms with Gasteiger partial charge in [0, 0.05) is 11.6 Å². The lowest BCUT2D eigenvalue weighted by atomic mass is 10.1. The van der Waals surface area contributed by atoms with Crippen LogP contribution < -0.4 is 0 Å². The number of hydrogen-bond acceptors (Lipinski definition) is 5. The molecule has 2 aromatic carbocycles. The van der Waals surface area contributed by atoms with E-state index in [0.717, 1.165) is 0 Å². The van der Waals surface area contributed by atoms with E-state index in [1.807, 2.05) is 0 Å². The van der Waals surface area contributed by atoms with E-state index in [1.54, 1.807) is 12.1 Å². The van der Waals surface area contributed by atoms with E-state index in [0.29, 0.717) is 5.56 Å². The van der Waals surface area contributed by atoms with E-state index in [1.165, 1.54) is 42.5 Å². The van der Waals surface area contributed by atoms with Crippen LogP contribution in [0, 0.1) is 15.9 Å². The van der Waals surface area contributed by atoms with E-state index >= 15 is 0 Å². The Hall–Kier alpha value is -3.35. The maximum atomic E-state index is 13.2. The topological polar surface area (TPSA) is 81.8 Å². The number of carbonyl (C=O) groups is 1. The summed E-state index contributed by atoms with van der Waals surface area (Å²) in [6, 6.07) is 11.4. The Morgan fingerprint density at radius 1 is 1.17 bits per heavy atom. The van der Waals surface area contributed by atoms with Gasteiger partial charge in [-0.05, 0) is 30.3 Å². The van der Waals surface area contributed by atoms with Gasteiger partial charge in [0.1, 0.15) is 5.82 Å². The second-order valence-corrected chi connectivity index (χ2v) is 4.66. The first kappa shape index (κ1) is 14.6.